The fourth-order valence-electron chi connectivity index (χ4n) is 1.93. The molecule has 1 aliphatic heterocycles. The molecule has 0 aliphatic carbocycles. The minimum atomic E-state index is -1.08. The molecule has 0 saturated heterocycles. The Hall–Kier alpha value is -1.69. The summed E-state index contributed by atoms with van der Waals surface area (Å²) in [6.07, 6.45) is 0.738. The first-order chi connectivity index (χ1) is 8.87. The zero-order valence-electron chi connectivity index (χ0n) is 11.6. The van der Waals surface area contributed by atoms with Gasteiger partial charge in [0, 0.05) is 31.6 Å². The predicted octanol–water partition coefficient (Wildman–Crippen LogP) is 1.28. The van der Waals surface area contributed by atoms with E-state index in [4.69, 9.17) is 5.11 Å². The zero-order valence-corrected chi connectivity index (χ0v) is 11.6. The smallest absolute Gasteiger partial charge is 0.374 e. The molecule has 0 fully saturated rings. The van der Waals surface area contributed by atoms with Crippen molar-refractivity contribution in [1.29, 1.82) is 0 Å². The Morgan fingerprint density at radius 3 is 2.79 bits per heavy atom. The lowest BCUT2D eigenvalue weighted by molar-refractivity contribution is 0.0683. The van der Waals surface area contributed by atoms with Crippen molar-refractivity contribution in [3.63, 3.8) is 0 Å². The van der Waals surface area contributed by atoms with Crippen LogP contribution in [0.3, 0.4) is 0 Å². The summed E-state index contributed by atoms with van der Waals surface area (Å²) in [6, 6.07) is 0. The SMILES string of the molecule is CC(C)(C)CNc1nc(C(=O)O)nc2c1CNCC2. The Balaban J connectivity index is 2.34. The summed E-state index contributed by atoms with van der Waals surface area (Å²) in [6.45, 7) is 8.58. The number of nitrogens with zero attached hydrogens (tertiary/aromatic N) is 2. The van der Waals surface area contributed by atoms with Gasteiger partial charge in [-0.05, 0) is 5.41 Å². The van der Waals surface area contributed by atoms with Crippen LogP contribution in [0.1, 0.15) is 42.6 Å². The minimum absolute atomic E-state index is 0.101. The molecule has 19 heavy (non-hydrogen) atoms. The Morgan fingerprint density at radius 2 is 2.16 bits per heavy atom. The molecule has 6 heteroatoms. The number of hydrogen-bond acceptors (Lipinski definition) is 5. The number of fused-ring (bicyclic) bond motifs is 1. The van der Waals surface area contributed by atoms with Gasteiger partial charge < -0.3 is 15.7 Å². The van der Waals surface area contributed by atoms with Crippen molar-refractivity contribution < 1.29 is 9.90 Å². The van der Waals surface area contributed by atoms with E-state index in [1.54, 1.807) is 0 Å². The van der Waals surface area contributed by atoms with E-state index in [1.807, 2.05) is 0 Å². The number of nitrogens with one attached hydrogen (secondary N) is 2. The molecule has 0 aromatic carbocycles. The molecule has 1 aromatic rings. The molecule has 2 heterocycles. The number of carbonyl (C=O) groups is 1. The first-order valence-electron chi connectivity index (χ1n) is 6.44. The highest BCUT2D eigenvalue weighted by Gasteiger charge is 2.21. The number of rotatable bonds is 3. The molecule has 0 atom stereocenters. The van der Waals surface area contributed by atoms with Crippen LogP contribution in [0.4, 0.5) is 5.82 Å². The fraction of sp³-hybridized carbons (Fsp3) is 0.615. The van der Waals surface area contributed by atoms with Gasteiger partial charge in [0.1, 0.15) is 5.82 Å². The Labute approximate surface area is 112 Å². The summed E-state index contributed by atoms with van der Waals surface area (Å²) < 4.78 is 0. The van der Waals surface area contributed by atoms with Crippen LogP contribution in [-0.2, 0) is 13.0 Å². The summed E-state index contributed by atoms with van der Waals surface area (Å²) in [5, 5.41) is 15.6. The third-order valence-electron chi connectivity index (χ3n) is 2.91. The standard InChI is InChI=1S/C13H20N4O2/c1-13(2,3)7-15-10-8-6-14-5-4-9(8)16-11(17-10)12(18)19/h14H,4-7H2,1-3H3,(H,18,19)(H,15,16,17). The van der Waals surface area contributed by atoms with Crippen LogP contribution in [0.25, 0.3) is 0 Å². The molecule has 2 rings (SSSR count). The van der Waals surface area contributed by atoms with Gasteiger partial charge in [-0.1, -0.05) is 20.8 Å². The second kappa shape index (κ2) is 5.13. The van der Waals surface area contributed by atoms with Gasteiger partial charge in [-0.15, -0.1) is 0 Å². The lowest BCUT2D eigenvalue weighted by Crippen LogP contribution is -2.29. The fourth-order valence-corrected chi connectivity index (χ4v) is 1.93. The van der Waals surface area contributed by atoms with E-state index in [9.17, 15) is 4.79 Å². The maximum atomic E-state index is 11.1. The zero-order chi connectivity index (χ0) is 14.0. The quantitative estimate of drug-likeness (QED) is 0.762. The minimum Gasteiger partial charge on any atom is -0.475 e. The second-order valence-corrected chi connectivity index (χ2v) is 5.97. The van der Waals surface area contributed by atoms with Crippen LogP contribution in [-0.4, -0.2) is 34.1 Å². The van der Waals surface area contributed by atoms with Crippen LogP contribution in [0.5, 0.6) is 0 Å². The van der Waals surface area contributed by atoms with Crippen molar-refractivity contribution in [3.05, 3.63) is 17.1 Å². The molecule has 104 valence electrons. The molecule has 0 bridgehead atoms. The van der Waals surface area contributed by atoms with E-state index in [0.717, 1.165) is 30.8 Å². The molecule has 0 unspecified atom stereocenters. The van der Waals surface area contributed by atoms with Gasteiger partial charge >= 0.3 is 5.97 Å². The highest BCUT2D eigenvalue weighted by atomic mass is 16.4. The average Bonchev–Trinajstić information content (AvgIpc) is 2.34. The van der Waals surface area contributed by atoms with Crippen molar-refractivity contribution in [2.24, 2.45) is 5.41 Å². The summed E-state index contributed by atoms with van der Waals surface area (Å²) in [7, 11) is 0. The molecule has 3 N–H and O–H groups in total. The molecule has 0 spiro atoms. The second-order valence-electron chi connectivity index (χ2n) is 5.97. The highest BCUT2D eigenvalue weighted by molar-refractivity contribution is 5.83. The van der Waals surface area contributed by atoms with E-state index >= 15 is 0 Å². The normalized spacial score (nSPS) is 14.9. The third-order valence-corrected chi connectivity index (χ3v) is 2.91. The number of aromatic nitrogens is 2. The van der Waals surface area contributed by atoms with E-state index < -0.39 is 5.97 Å². The van der Waals surface area contributed by atoms with Crippen molar-refractivity contribution in [1.82, 2.24) is 15.3 Å². The van der Waals surface area contributed by atoms with Crippen LogP contribution < -0.4 is 10.6 Å². The van der Waals surface area contributed by atoms with Crippen molar-refractivity contribution >= 4 is 11.8 Å². The summed E-state index contributed by atoms with van der Waals surface area (Å²) >= 11 is 0. The largest absolute Gasteiger partial charge is 0.475 e. The van der Waals surface area contributed by atoms with Gasteiger partial charge in [0.25, 0.3) is 0 Å². The summed E-state index contributed by atoms with van der Waals surface area (Å²) in [4.78, 5) is 19.3. The Kier molecular flexibility index (Phi) is 3.71. The molecule has 1 aromatic heterocycles. The van der Waals surface area contributed by atoms with Crippen LogP contribution in [0.2, 0.25) is 0 Å². The first kappa shape index (κ1) is 13.7. The topological polar surface area (TPSA) is 87.1 Å². The van der Waals surface area contributed by atoms with Crippen LogP contribution >= 0.6 is 0 Å². The van der Waals surface area contributed by atoms with Crippen LogP contribution in [0.15, 0.2) is 0 Å². The van der Waals surface area contributed by atoms with Crippen molar-refractivity contribution in [2.75, 3.05) is 18.4 Å². The number of anilines is 1. The molecular formula is C13H20N4O2. The number of carboxylic acids is 1. The Morgan fingerprint density at radius 1 is 1.42 bits per heavy atom. The van der Waals surface area contributed by atoms with E-state index in [1.165, 1.54) is 0 Å². The Bertz CT molecular complexity index is 494. The number of carboxylic acid groups (broad SMARTS) is 1. The number of aromatic carboxylic acids is 1. The summed E-state index contributed by atoms with van der Waals surface area (Å²) in [5.41, 5.74) is 1.92. The molecule has 0 amide bonds. The molecular weight excluding hydrogens is 244 g/mol. The van der Waals surface area contributed by atoms with Gasteiger partial charge in [-0.3, -0.25) is 0 Å². The maximum Gasteiger partial charge on any atom is 0.374 e. The third kappa shape index (κ3) is 3.41. The van der Waals surface area contributed by atoms with Crippen molar-refractivity contribution in [3.8, 4) is 0 Å². The van der Waals surface area contributed by atoms with E-state index in [0.29, 0.717) is 12.4 Å². The average molecular weight is 264 g/mol. The first-order valence-corrected chi connectivity index (χ1v) is 6.44. The summed E-state index contributed by atoms with van der Waals surface area (Å²) in [5.74, 6) is -0.568. The van der Waals surface area contributed by atoms with E-state index in [-0.39, 0.29) is 11.2 Å². The molecule has 6 nitrogen and oxygen atoms in total. The lowest BCUT2D eigenvalue weighted by atomic mass is 9.97. The van der Waals surface area contributed by atoms with Gasteiger partial charge in [0.2, 0.25) is 5.82 Å². The van der Waals surface area contributed by atoms with Gasteiger partial charge in [0.05, 0.1) is 5.69 Å². The lowest BCUT2D eigenvalue weighted by Gasteiger charge is -2.23. The van der Waals surface area contributed by atoms with Gasteiger partial charge in [-0.2, -0.15) is 0 Å². The predicted molar refractivity (Wildman–Crippen MR) is 72.3 cm³/mol. The van der Waals surface area contributed by atoms with E-state index in [2.05, 4.69) is 41.4 Å². The molecule has 0 radical (unpaired) electrons. The monoisotopic (exact) mass is 264 g/mol. The highest BCUT2D eigenvalue weighted by Crippen LogP contribution is 2.22. The van der Waals surface area contributed by atoms with Gasteiger partial charge in [-0.25, -0.2) is 14.8 Å². The maximum absolute atomic E-state index is 11.1. The number of hydrogen-bond donors (Lipinski definition) is 3. The van der Waals surface area contributed by atoms with Crippen molar-refractivity contribution in [2.45, 2.75) is 33.7 Å². The van der Waals surface area contributed by atoms with Gasteiger partial charge in [0.15, 0.2) is 0 Å². The molecule has 0 saturated carbocycles. The molecule has 1 aliphatic rings. The van der Waals surface area contributed by atoms with Crippen LogP contribution in [0, 0.1) is 5.41 Å².